The molecule has 1 aliphatic heterocycles. The molecule has 7 nitrogen and oxygen atoms in total. The fourth-order valence-corrected chi connectivity index (χ4v) is 4.20. The Morgan fingerprint density at radius 1 is 0.757 bits per heavy atom. The monoisotopic (exact) mass is 494 g/mol. The molecule has 1 atom stereocenters. The highest BCUT2D eigenvalue weighted by Gasteiger charge is 2.30. The predicted octanol–water partition coefficient (Wildman–Crippen LogP) is 5.97. The maximum absolute atomic E-state index is 12.1. The number of carbonyl (C=O) groups excluding carboxylic acids is 1. The van der Waals surface area contributed by atoms with E-state index in [-0.39, 0.29) is 52.6 Å². The summed E-state index contributed by atoms with van der Waals surface area (Å²) >= 11 is 0. The van der Waals surface area contributed by atoms with E-state index < -0.39 is 5.43 Å². The van der Waals surface area contributed by atoms with Crippen LogP contribution in [0.1, 0.15) is 28.4 Å². The Balaban J connectivity index is 0.000000152. The molecule has 1 aromatic heterocycles. The molecule has 6 rings (SSSR count). The third-order valence-electron chi connectivity index (χ3n) is 5.97. The van der Waals surface area contributed by atoms with Gasteiger partial charge in [0.1, 0.15) is 34.5 Å². The van der Waals surface area contributed by atoms with Crippen molar-refractivity contribution in [2.45, 2.75) is 12.5 Å². The minimum atomic E-state index is -0.407. The van der Waals surface area contributed by atoms with Gasteiger partial charge in [0.15, 0.2) is 11.5 Å². The van der Waals surface area contributed by atoms with E-state index in [0.717, 1.165) is 11.6 Å². The quantitative estimate of drug-likeness (QED) is 0.277. The molecule has 2 heterocycles. The number of para-hydroxylation sites is 1. The van der Waals surface area contributed by atoms with E-state index in [1.54, 1.807) is 36.4 Å². The van der Waals surface area contributed by atoms with Gasteiger partial charge in [-0.25, -0.2) is 0 Å². The predicted molar refractivity (Wildman–Crippen MR) is 138 cm³/mol. The van der Waals surface area contributed by atoms with Crippen molar-refractivity contribution in [1.29, 1.82) is 0 Å². The lowest BCUT2D eigenvalue weighted by atomic mass is 9.95. The molecule has 7 heteroatoms. The molecular weight excluding hydrogens is 472 g/mol. The summed E-state index contributed by atoms with van der Waals surface area (Å²) in [5.74, 6) is -0.473. The Bertz CT molecular complexity index is 1640. The molecule has 184 valence electrons. The zero-order valence-corrected chi connectivity index (χ0v) is 19.5. The SMILES string of the molecule is O=C1CC(c2ccccc2)Oc2cc(O)cc(O)c21.O=c1c(O)c(-c2ccccc2)oc2ccccc12. The summed E-state index contributed by atoms with van der Waals surface area (Å²) in [6.45, 7) is 0. The average Bonchev–Trinajstić information content (AvgIpc) is 2.91. The van der Waals surface area contributed by atoms with Crippen molar-refractivity contribution in [3.63, 3.8) is 0 Å². The van der Waals surface area contributed by atoms with E-state index in [1.807, 2.05) is 48.5 Å². The van der Waals surface area contributed by atoms with E-state index in [1.165, 1.54) is 6.07 Å². The minimum absolute atomic E-state index is 0.127. The first-order valence-corrected chi connectivity index (χ1v) is 11.5. The summed E-state index contributed by atoms with van der Waals surface area (Å²) in [6, 6.07) is 27.8. The second kappa shape index (κ2) is 9.91. The standard InChI is InChI=1S/C15H12O4.C15H10O3/c16-10-6-11(17)15-12(18)8-13(19-14(15)7-10)9-4-2-1-3-5-9;16-13-11-8-4-5-9-12(11)18-15(14(13)17)10-6-2-1-3-7-10/h1-7,13,16-17H,8H2;1-9,17H. The van der Waals surface area contributed by atoms with E-state index in [2.05, 4.69) is 0 Å². The Labute approximate surface area is 211 Å². The Morgan fingerprint density at radius 2 is 1.41 bits per heavy atom. The molecule has 0 bridgehead atoms. The molecule has 3 N–H and O–H groups in total. The van der Waals surface area contributed by atoms with Crippen LogP contribution in [0.15, 0.2) is 106 Å². The second-order valence-corrected chi connectivity index (χ2v) is 8.45. The summed E-state index contributed by atoms with van der Waals surface area (Å²) in [6.07, 6.45) is -0.211. The Hall–Kier alpha value is -5.04. The van der Waals surface area contributed by atoms with Crippen LogP contribution in [0, 0.1) is 0 Å². The molecule has 37 heavy (non-hydrogen) atoms. The average molecular weight is 494 g/mol. The van der Waals surface area contributed by atoms with Gasteiger partial charge >= 0.3 is 0 Å². The first-order valence-electron chi connectivity index (χ1n) is 11.5. The molecule has 1 aliphatic rings. The molecule has 0 radical (unpaired) electrons. The van der Waals surface area contributed by atoms with Crippen molar-refractivity contribution in [3.8, 4) is 34.3 Å². The molecular formula is C30H22O7. The summed E-state index contributed by atoms with van der Waals surface area (Å²) < 4.78 is 11.3. The van der Waals surface area contributed by atoms with Crippen LogP contribution in [0.5, 0.6) is 23.0 Å². The highest BCUT2D eigenvalue weighted by atomic mass is 16.5. The summed E-state index contributed by atoms with van der Waals surface area (Å²) in [5.41, 5.74) is 1.78. The summed E-state index contributed by atoms with van der Waals surface area (Å²) in [4.78, 5) is 24.1. The zero-order valence-electron chi connectivity index (χ0n) is 19.5. The number of hydrogen-bond acceptors (Lipinski definition) is 7. The van der Waals surface area contributed by atoms with Gasteiger partial charge in [-0.2, -0.15) is 0 Å². The van der Waals surface area contributed by atoms with Crippen LogP contribution in [0.25, 0.3) is 22.3 Å². The van der Waals surface area contributed by atoms with Gasteiger partial charge in [-0.05, 0) is 17.7 Å². The van der Waals surface area contributed by atoms with Crippen molar-refractivity contribution in [2.24, 2.45) is 0 Å². The Kier molecular flexibility index (Phi) is 6.34. The lowest BCUT2D eigenvalue weighted by Crippen LogP contribution is -2.20. The molecule has 0 saturated carbocycles. The van der Waals surface area contributed by atoms with Crippen LogP contribution < -0.4 is 10.2 Å². The van der Waals surface area contributed by atoms with Crippen LogP contribution in [0.3, 0.4) is 0 Å². The van der Waals surface area contributed by atoms with Crippen LogP contribution in [-0.4, -0.2) is 21.1 Å². The lowest BCUT2D eigenvalue weighted by Gasteiger charge is -2.26. The minimum Gasteiger partial charge on any atom is -0.508 e. The Morgan fingerprint density at radius 3 is 2.14 bits per heavy atom. The van der Waals surface area contributed by atoms with Crippen LogP contribution >= 0.6 is 0 Å². The number of phenolic OH excluding ortho intramolecular Hbond substituents is 2. The number of phenols is 2. The van der Waals surface area contributed by atoms with Gasteiger partial charge < -0.3 is 24.5 Å². The topological polar surface area (TPSA) is 117 Å². The maximum Gasteiger partial charge on any atom is 0.235 e. The van der Waals surface area contributed by atoms with Gasteiger partial charge in [0.05, 0.1) is 11.8 Å². The summed E-state index contributed by atoms with van der Waals surface area (Å²) in [7, 11) is 0. The van der Waals surface area contributed by atoms with Gasteiger partial charge in [-0.3, -0.25) is 9.59 Å². The third-order valence-corrected chi connectivity index (χ3v) is 5.97. The van der Waals surface area contributed by atoms with Gasteiger partial charge in [0, 0.05) is 17.7 Å². The number of aromatic hydroxyl groups is 3. The molecule has 0 fully saturated rings. The molecule has 4 aromatic carbocycles. The van der Waals surface area contributed by atoms with Crippen molar-refractivity contribution >= 4 is 16.8 Å². The number of Topliss-reactive ketones (excluding diaryl/α,β-unsaturated/α-hetero) is 1. The van der Waals surface area contributed by atoms with Crippen LogP contribution in [-0.2, 0) is 0 Å². The van der Waals surface area contributed by atoms with E-state index in [4.69, 9.17) is 9.15 Å². The molecule has 5 aromatic rings. The van der Waals surface area contributed by atoms with E-state index >= 15 is 0 Å². The van der Waals surface area contributed by atoms with Crippen molar-refractivity contribution in [2.75, 3.05) is 0 Å². The number of hydrogen-bond donors (Lipinski definition) is 3. The maximum atomic E-state index is 12.1. The number of benzene rings is 4. The second-order valence-electron chi connectivity index (χ2n) is 8.45. The number of rotatable bonds is 2. The van der Waals surface area contributed by atoms with Gasteiger partial charge in [-0.1, -0.05) is 72.8 Å². The third kappa shape index (κ3) is 4.75. The number of ether oxygens (including phenoxy) is 1. The van der Waals surface area contributed by atoms with E-state index in [0.29, 0.717) is 16.5 Å². The zero-order chi connectivity index (χ0) is 25.9. The lowest BCUT2D eigenvalue weighted by molar-refractivity contribution is 0.0845. The highest BCUT2D eigenvalue weighted by Crippen LogP contribution is 2.41. The number of carbonyl (C=O) groups is 1. The molecule has 0 spiro atoms. The first kappa shape index (κ1) is 23.7. The smallest absolute Gasteiger partial charge is 0.235 e. The largest absolute Gasteiger partial charge is 0.508 e. The fraction of sp³-hybridized carbons (Fsp3) is 0.0667. The molecule has 0 amide bonds. The van der Waals surface area contributed by atoms with Gasteiger partial charge in [0.25, 0.3) is 0 Å². The molecule has 0 aliphatic carbocycles. The van der Waals surface area contributed by atoms with Crippen molar-refractivity contribution in [1.82, 2.24) is 0 Å². The van der Waals surface area contributed by atoms with Crippen LogP contribution in [0.4, 0.5) is 0 Å². The number of fused-ring (bicyclic) bond motifs is 2. The van der Waals surface area contributed by atoms with Crippen LogP contribution in [0.2, 0.25) is 0 Å². The van der Waals surface area contributed by atoms with Gasteiger partial charge in [0.2, 0.25) is 11.2 Å². The normalized spacial score (nSPS) is 14.3. The van der Waals surface area contributed by atoms with E-state index in [9.17, 15) is 24.9 Å². The van der Waals surface area contributed by atoms with Crippen molar-refractivity contribution in [3.05, 3.63) is 118 Å². The molecule has 0 saturated heterocycles. The summed E-state index contributed by atoms with van der Waals surface area (Å²) in [5, 5.41) is 29.5. The molecule has 1 unspecified atom stereocenters. The first-order chi connectivity index (χ1) is 17.9. The van der Waals surface area contributed by atoms with Gasteiger partial charge in [-0.15, -0.1) is 0 Å². The highest BCUT2D eigenvalue weighted by molar-refractivity contribution is 6.02. The number of ketones is 1. The fourth-order valence-electron chi connectivity index (χ4n) is 4.20. The van der Waals surface area contributed by atoms with Crippen molar-refractivity contribution < 1.29 is 29.3 Å².